The summed E-state index contributed by atoms with van der Waals surface area (Å²) in [7, 11) is 0. The maximum atomic E-state index is 12.6. The molecule has 5 heteroatoms. The SMILES string of the molecule is O=C(C1CCCN(c2nc3ccccc3s2)C1)N1CCCC1. The number of amides is 1. The molecule has 1 unspecified atom stereocenters. The number of carbonyl (C=O) groups is 1. The average molecular weight is 315 g/mol. The second-order valence-corrected chi connectivity index (χ2v) is 7.29. The van der Waals surface area contributed by atoms with Crippen LogP contribution < -0.4 is 4.90 Å². The van der Waals surface area contributed by atoms with Crippen LogP contribution in [0.1, 0.15) is 25.7 Å². The summed E-state index contributed by atoms with van der Waals surface area (Å²) >= 11 is 1.74. The van der Waals surface area contributed by atoms with Gasteiger partial charge in [0.15, 0.2) is 5.13 Å². The standard InChI is InChI=1S/C17H21N3OS/c21-16(19-9-3-4-10-19)13-6-5-11-20(12-13)17-18-14-7-1-2-8-15(14)22-17/h1-2,7-8,13H,3-6,9-12H2. The number of hydrogen-bond acceptors (Lipinski definition) is 4. The molecule has 0 radical (unpaired) electrons. The van der Waals surface area contributed by atoms with Gasteiger partial charge in [0.05, 0.1) is 16.1 Å². The predicted molar refractivity (Wildman–Crippen MR) is 90.4 cm³/mol. The number of thiazole rings is 1. The molecule has 2 aliphatic heterocycles. The van der Waals surface area contributed by atoms with Crippen molar-refractivity contribution in [3.8, 4) is 0 Å². The number of para-hydroxylation sites is 1. The fourth-order valence-corrected chi connectivity index (χ4v) is 4.54. The molecule has 2 aromatic rings. The van der Waals surface area contributed by atoms with E-state index in [2.05, 4.69) is 28.0 Å². The van der Waals surface area contributed by atoms with Crippen LogP contribution in [0, 0.1) is 5.92 Å². The first-order valence-corrected chi connectivity index (χ1v) is 9.02. The van der Waals surface area contributed by atoms with Gasteiger partial charge in [-0.15, -0.1) is 0 Å². The van der Waals surface area contributed by atoms with Gasteiger partial charge in [0.2, 0.25) is 5.91 Å². The van der Waals surface area contributed by atoms with E-state index >= 15 is 0 Å². The lowest BCUT2D eigenvalue weighted by Gasteiger charge is -2.33. The predicted octanol–water partition coefficient (Wildman–Crippen LogP) is 3.14. The molecule has 4 nitrogen and oxygen atoms in total. The zero-order valence-corrected chi connectivity index (χ0v) is 13.5. The lowest BCUT2D eigenvalue weighted by molar-refractivity contribution is -0.134. The Kier molecular flexibility index (Phi) is 3.74. The maximum Gasteiger partial charge on any atom is 0.227 e. The van der Waals surface area contributed by atoms with Gasteiger partial charge in [0, 0.05) is 26.2 Å². The number of fused-ring (bicyclic) bond motifs is 1. The van der Waals surface area contributed by atoms with Gasteiger partial charge in [-0.25, -0.2) is 4.98 Å². The molecule has 0 bridgehead atoms. The van der Waals surface area contributed by atoms with Gasteiger partial charge in [-0.05, 0) is 37.8 Å². The highest BCUT2D eigenvalue weighted by atomic mass is 32.1. The third-order valence-corrected chi connectivity index (χ3v) is 5.84. The van der Waals surface area contributed by atoms with Crippen molar-refractivity contribution < 1.29 is 4.79 Å². The number of anilines is 1. The summed E-state index contributed by atoms with van der Waals surface area (Å²) in [5.41, 5.74) is 1.07. The highest BCUT2D eigenvalue weighted by Gasteiger charge is 2.31. The van der Waals surface area contributed by atoms with E-state index in [0.29, 0.717) is 5.91 Å². The fraction of sp³-hybridized carbons (Fsp3) is 0.529. The van der Waals surface area contributed by atoms with Crippen LogP contribution in [0.25, 0.3) is 10.2 Å². The zero-order chi connectivity index (χ0) is 14.9. The zero-order valence-electron chi connectivity index (χ0n) is 12.7. The van der Waals surface area contributed by atoms with Gasteiger partial charge in [0.25, 0.3) is 0 Å². The molecule has 116 valence electrons. The quantitative estimate of drug-likeness (QED) is 0.854. The van der Waals surface area contributed by atoms with E-state index in [1.54, 1.807) is 11.3 Å². The summed E-state index contributed by atoms with van der Waals surface area (Å²) in [5.74, 6) is 0.516. The molecular weight excluding hydrogens is 294 g/mol. The van der Waals surface area contributed by atoms with Gasteiger partial charge in [-0.3, -0.25) is 4.79 Å². The molecule has 1 atom stereocenters. The molecule has 2 fully saturated rings. The van der Waals surface area contributed by atoms with Crippen LogP contribution in [0.2, 0.25) is 0 Å². The Balaban J connectivity index is 1.51. The highest BCUT2D eigenvalue weighted by molar-refractivity contribution is 7.22. The molecular formula is C17H21N3OS. The van der Waals surface area contributed by atoms with Crippen molar-refractivity contribution in [3.63, 3.8) is 0 Å². The van der Waals surface area contributed by atoms with E-state index in [-0.39, 0.29) is 5.92 Å². The number of aromatic nitrogens is 1. The molecule has 0 spiro atoms. The van der Waals surface area contributed by atoms with Crippen LogP contribution in [0.4, 0.5) is 5.13 Å². The van der Waals surface area contributed by atoms with Crippen molar-refractivity contribution in [3.05, 3.63) is 24.3 Å². The van der Waals surface area contributed by atoms with Gasteiger partial charge in [-0.1, -0.05) is 23.5 Å². The number of benzene rings is 1. The molecule has 3 heterocycles. The molecule has 1 aromatic carbocycles. The summed E-state index contributed by atoms with van der Waals surface area (Å²) in [5, 5.41) is 1.07. The van der Waals surface area contributed by atoms with Crippen LogP contribution in [-0.2, 0) is 4.79 Å². The van der Waals surface area contributed by atoms with Crippen LogP contribution in [0.5, 0.6) is 0 Å². The highest BCUT2D eigenvalue weighted by Crippen LogP contribution is 2.32. The van der Waals surface area contributed by atoms with Crippen molar-refractivity contribution in [2.45, 2.75) is 25.7 Å². The minimum Gasteiger partial charge on any atom is -0.347 e. The summed E-state index contributed by atoms with van der Waals surface area (Å²) in [6.45, 7) is 3.76. The smallest absolute Gasteiger partial charge is 0.227 e. The van der Waals surface area contributed by atoms with Gasteiger partial charge in [-0.2, -0.15) is 0 Å². The van der Waals surface area contributed by atoms with Crippen LogP contribution in [0.15, 0.2) is 24.3 Å². The molecule has 2 saturated heterocycles. The summed E-state index contributed by atoms with van der Waals surface area (Å²) in [4.78, 5) is 21.8. The number of carbonyl (C=O) groups excluding carboxylic acids is 1. The molecule has 22 heavy (non-hydrogen) atoms. The lowest BCUT2D eigenvalue weighted by Crippen LogP contribution is -2.44. The van der Waals surface area contributed by atoms with Crippen molar-refractivity contribution in [1.82, 2.24) is 9.88 Å². The van der Waals surface area contributed by atoms with Crippen molar-refractivity contribution in [2.75, 3.05) is 31.1 Å². The van der Waals surface area contributed by atoms with E-state index < -0.39 is 0 Å². The number of likely N-dealkylation sites (tertiary alicyclic amines) is 1. The normalized spacial score (nSPS) is 22.5. The van der Waals surface area contributed by atoms with Gasteiger partial charge in [0.1, 0.15) is 0 Å². The number of hydrogen-bond donors (Lipinski definition) is 0. The lowest BCUT2D eigenvalue weighted by atomic mass is 9.97. The topological polar surface area (TPSA) is 36.4 Å². The van der Waals surface area contributed by atoms with E-state index in [0.717, 1.165) is 49.7 Å². The third-order valence-electron chi connectivity index (χ3n) is 4.74. The molecule has 0 aliphatic carbocycles. The fourth-order valence-electron chi connectivity index (χ4n) is 3.54. The molecule has 0 saturated carbocycles. The minimum absolute atomic E-state index is 0.152. The van der Waals surface area contributed by atoms with Crippen molar-refractivity contribution in [1.29, 1.82) is 0 Å². The van der Waals surface area contributed by atoms with Crippen LogP contribution >= 0.6 is 11.3 Å². The number of rotatable bonds is 2. The number of piperidine rings is 1. The largest absolute Gasteiger partial charge is 0.347 e. The third kappa shape index (κ3) is 2.58. The molecule has 1 aromatic heterocycles. The first-order chi connectivity index (χ1) is 10.8. The first kappa shape index (κ1) is 14.0. The Hall–Kier alpha value is -1.62. The summed E-state index contributed by atoms with van der Waals surface area (Å²) in [6.07, 6.45) is 4.44. The minimum atomic E-state index is 0.152. The second-order valence-electron chi connectivity index (χ2n) is 6.28. The Bertz CT molecular complexity index is 644. The molecule has 2 aliphatic rings. The molecule has 1 amide bonds. The van der Waals surface area contributed by atoms with E-state index in [1.165, 1.54) is 17.5 Å². The molecule has 0 N–H and O–H groups in total. The van der Waals surface area contributed by atoms with Crippen molar-refractivity contribution in [2.24, 2.45) is 5.92 Å². The van der Waals surface area contributed by atoms with E-state index in [9.17, 15) is 4.79 Å². The van der Waals surface area contributed by atoms with E-state index in [1.807, 2.05) is 6.07 Å². The second kappa shape index (κ2) is 5.88. The van der Waals surface area contributed by atoms with Gasteiger partial charge < -0.3 is 9.80 Å². The summed E-state index contributed by atoms with van der Waals surface area (Å²) in [6, 6.07) is 8.27. The van der Waals surface area contributed by atoms with E-state index in [4.69, 9.17) is 4.98 Å². The monoisotopic (exact) mass is 315 g/mol. The maximum absolute atomic E-state index is 12.6. The van der Waals surface area contributed by atoms with Crippen LogP contribution in [0.3, 0.4) is 0 Å². The molecule has 4 rings (SSSR count). The summed E-state index contributed by atoms with van der Waals surface area (Å²) < 4.78 is 1.23. The van der Waals surface area contributed by atoms with Crippen LogP contribution in [-0.4, -0.2) is 42.0 Å². The number of nitrogens with zero attached hydrogens (tertiary/aromatic N) is 3. The Morgan fingerprint density at radius 3 is 2.77 bits per heavy atom. The average Bonchev–Trinajstić information content (AvgIpc) is 3.23. The van der Waals surface area contributed by atoms with Crippen molar-refractivity contribution >= 4 is 32.6 Å². The Morgan fingerprint density at radius 1 is 1.14 bits per heavy atom. The first-order valence-electron chi connectivity index (χ1n) is 8.20. The van der Waals surface area contributed by atoms with Gasteiger partial charge >= 0.3 is 0 Å². The Labute approximate surface area is 134 Å². The Morgan fingerprint density at radius 2 is 1.95 bits per heavy atom.